The van der Waals surface area contributed by atoms with Crippen molar-refractivity contribution in [3.05, 3.63) is 36.5 Å². The number of carbonyl (C=O) groups is 1. The van der Waals surface area contributed by atoms with Crippen molar-refractivity contribution in [2.45, 2.75) is 38.7 Å². The van der Waals surface area contributed by atoms with E-state index >= 15 is 0 Å². The summed E-state index contributed by atoms with van der Waals surface area (Å²) in [5.74, 6) is -3.56. The first-order chi connectivity index (χ1) is 15.7. The van der Waals surface area contributed by atoms with Gasteiger partial charge in [-0.1, -0.05) is 0 Å². The Balaban J connectivity index is 1.75. The van der Waals surface area contributed by atoms with E-state index in [9.17, 15) is 13.6 Å². The number of amides is 1. The maximum atomic E-state index is 14.0. The Morgan fingerprint density at radius 1 is 1.06 bits per heavy atom. The predicted octanol–water partition coefficient (Wildman–Crippen LogP) is 3.69. The molecule has 33 heavy (non-hydrogen) atoms. The minimum absolute atomic E-state index is 0.0384. The third-order valence-electron chi connectivity index (χ3n) is 4.49. The highest BCUT2D eigenvalue weighted by Crippen LogP contribution is 2.34. The fraction of sp³-hybridized carbons (Fsp3) is 0.333. The molecule has 1 aliphatic carbocycles. The van der Waals surface area contributed by atoms with E-state index in [1.165, 1.54) is 44.8 Å². The van der Waals surface area contributed by atoms with Gasteiger partial charge in [0.15, 0.2) is 0 Å². The summed E-state index contributed by atoms with van der Waals surface area (Å²) in [6, 6.07) is 2.98. The fourth-order valence-corrected chi connectivity index (χ4v) is 2.81. The topological polar surface area (TPSA) is 124 Å². The summed E-state index contributed by atoms with van der Waals surface area (Å²) in [5, 5.41) is 5.59. The Morgan fingerprint density at radius 3 is 2.45 bits per heavy atom. The largest absolute Gasteiger partial charge is 0.480 e. The van der Waals surface area contributed by atoms with Gasteiger partial charge in [-0.3, -0.25) is 4.79 Å². The van der Waals surface area contributed by atoms with Crippen LogP contribution in [0.2, 0.25) is 0 Å². The van der Waals surface area contributed by atoms with Crippen LogP contribution in [-0.4, -0.2) is 44.0 Å². The lowest BCUT2D eigenvalue weighted by Crippen LogP contribution is -2.15. The van der Waals surface area contributed by atoms with Gasteiger partial charge in [-0.05, 0) is 12.8 Å². The molecule has 3 aromatic rings. The number of ether oxygens (including phenoxy) is 2. The normalized spacial score (nSPS) is 13.4. The number of nitrogens with one attached hydrogen (secondary N) is 2. The molecule has 0 spiro atoms. The molecule has 2 N–H and O–H groups in total. The number of anilines is 3. The van der Waals surface area contributed by atoms with Gasteiger partial charge in [-0.2, -0.15) is 13.8 Å². The molecule has 1 amide bonds. The van der Waals surface area contributed by atoms with Gasteiger partial charge in [0.1, 0.15) is 17.7 Å². The smallest absolute Gasteiger partial charge is 0.304 e. The number of methoxy groups -OCH3 is 1. The SMILES string of the molecule is COc1cnc(-c2cnc(NC(C)=O)cc2Nc2cc(OC3CC3)nc(C(C)(F)F)n2)cn1. The lowest BCUT2D eigenvalue weighted by Gasteiger charge is -2.16. The van der Waals surface area contributed by atoms with Crippen LogP contribution < -0.4 is 20.1 Å². The quantitative estimate of drug-likeness (QED) is 0.521. The van der Waals surface area contributed by atoms with E-state index in [2.05, 4.69) is 35.6 Å². The molecule has 172 valence electrons. The van der Waals surface area contributed by atoms with Crippen LogP contribution in [0.4, 0.5) is 26.1 Å². The summed E-state index contributed by atoms with van der Waals surface area (Å²) in [6.07, 6.45) is 6.03. The van der Waals surface area contributed by atoms with Gasteiger partial charge >= 0.3 is 5.92 Å². The number of carbonyl (C=O) groups excluding carboxylic acids is 1. The van der Waals surface area contributed by atoms with E-state index in [-0.39, 0.29) is 29.5 Å². The third kappa shape index (κ3) is 5.64. The fourth-order valence-electron chi connectivity index (χ4n) is 2.81. The number of hydrogen-bond donors (Lipinski definition) is 2. The molecule has 4 rings (SSSR count). The number of alkyl halides is 2. The van der Waals surface area contributed by atoms with Gasteiger partial charge in [0.2, 0.25) is 23.5 Å². The first-order valence-electron chi connectivity index (χ1n) is 10.1. The number of halogens is 2. The van der Waals surface area contributed by atoms with Gasteiger partial charge in [0.25, 0.3) is 0 Å². The minimum atomic E-state index is -3.27. The van der Waals surface area contributed by atoms with Crippen LogP contribution in [0.3, 0.4) is 0 Å². The van der Waals surface area contributed by atoms with E-state index in [0.717, 1.165) is 12.8 Å². The van der Waals surface area contributed by atoms with Crippen molar-refractivity contribution >= 4 is 23.2 Å². The molecule has 0 atom stereocenters. The second-order valence-corrected chi connectivity index (χ2v) is 7.49. The lowest BCUT2D eigenvalue weighted by molar-refractivity contribution is -0.114. The van der Waals surface area contributed by atoms with Crippen LogP contribution in [0.15, 0.2) is 30.7 Å². The Bertz CT molecular complexity index is 1170. The summed E-state index contributed by atoms with van der Waals surface area (Å²) >= 11 is 0. The molecule has 1 aliphatic rings. The molecule has 0 aromatic carbocycles. The van der Waals surface area contributed by atoms with Crippen molar-refractivity contribution < 1.29 is 23.0 Å². The molecule has 3 aromatic heterocycles. The van der Waals surface area contributed by atoms with Gasteiger partial charge in [-0.25, -0.2) is 19.9 Å². The first kappa shape index (κ1) is 22.2. The molecule has 0 unspecified atom stereocenters. The first-order valence-corrected chi connectivity index (χ1v) is 10.1. The van der Waals surface area contributed by atoms with Crippen molar-refractivity contribution in [1.82, 2.24) is 24.9 Å². The monoisotopic (exact) mass is 457 g/mol. The molecule has 10 nitrogen and oxygen atoms in total. The zero-order valence-electron chi connectivity index (χ0n) is 18.1. The Kier molecular flexibility index (Phi) is 5.99. The van der Waals surface area contributed by atoms with Crippen molar-refractivity contribution in [1.29, 1.82) is 0 Å². The summed E-state index contributed by atoms with van der Waals surface area (Å²) in [7, 11) is 1.47. The standard InChI is InChI=1S/C21H21F2N7O3/c1-11(31)27-16-6-14(13(8-25-16)15-9-26-19(32-3)10-24-15)28-17-7-18(33-12-4-5-12)30-20(29-17)21(2,22)23/h6-10,12H,4-5H2,1-3H3,(H2,25,27,28,29,30,31). The molecule has 0 radical (unpaired) electrons. The van der Waals surface area contributed by atoms with Crippen LogP contribution >= 0.6 is 0 Å². The average Bonchev–Trinajstić information content (AvgIpc) is 3.57. The number of rotatable bonds is 8. The number of aromatic nitrogens is 5. The molecule has 1 saturated carbocycles. The minimum Gasteiger partial charge on any atom is -0.480 e. The highest BCUT2D eigenvalue weighted by molar-refractivity contribution is 5.89. The summed E-state index contributed by atoms with van der Waals surface area (Å²) in [5.41, 5.74) is 1.33. The van der Waals surface area contributed by atoms with Gasteiger partial charge < -0.3 is 20.1 Å². The highest BCUT2D eigenvalue weighted by Gasteiger charge is 2.31. The van der Waals surface area contributed by atoms with E-state index in [4.69, 9.17) is 9.47 Å². The van der Waals surface area contributed by atoms with Crippen LogP contribution in [0, 0.1) is 0 Å². The zero-order valence-corrected chi connectivity index (χ0v) is 18.1. The van der Waals surface area contributed by atoms with Crippen LogP contribution in [0.5, 0.6) is 11.8 Å². The molecule has 3 heterocycles. The van der Waals surface area contributed by atoms with Crippen LogP contribution in [0.25, 0.3) is 11.3 Å². The van der Waals surface area contributed by atoms with Gasteiger partial charge in [-0.15, -0.1) is 0 Å². The number of hydrogen-bond acceptors (Lipinski definition) is 9. The van der Waals surface area contributed by atoms with Crippen LogP contribution in [-0.2, 0) is 10.7 Å². The lowest BCUT2D eigenvalue weighted by atomic mass is 10.1. The van der Waals surface area contributed by atoms with Crippen LogP contribution in [0.1, 0.15) is 32.5 Å². The van der Waals surface area contributed by atoms with Crippen molar-refractivity contribution in [3.63, 3.8) is 0 Å². The second kappa shape index (κ2) is 8.88. The maximum absolute atomic E-state index is 14.0. The Labute approximate surface area is 187 Å². The molecule has 0 bridgehead atoms. The molecule has 12 heteroatoms. The maximum Gasteiger partial charge on any atom is 0.304 e. The second-order valence-electron chi connectivity index (χ2n) is 7.49. The molecule has 0 aliphatic heterocycles. The molecule has 1 fully saturated rings. The average molecular weight is 457 g/mol. The summed E-state index contributed by atoms with van der Waals surface area (Å²) in [6.45, 7) is 2.06. The van der Waals surface area contributed by atoms with Crippen molar-refractivity contribution in [3.8, 4) is 23.0 Å². The predicted molar refractivity (Wildman–Crippen MR) is 115 cm³/mol. The van der Waals surface area contributed by atoms with Gasteiger partial charge in [0.05, 0.1) is 30.9 Å². The van der Waals surface area contributed by atoms with E-state index in [0.29, 0.717) is 29.7 Å². The highest BCUT2D eigenvalue weighted by atomic mass is 19.3. The van der Waals surface area contributed by atoms with E-state index < -0.39 is 11.7 Å². The molecular weight excluding hydrogens is 436 g/mol. The van der Waals surface area contributed by atoms with Gasteiger partial charge in [0, 0.05) is 37.7 Å². The van der Waals surface area contributed by atoms with E-state index in [1.54, 1.807) is 0 Å². The third-order valence-corrected chi connectivity index (χ3v) is 4.49. The molecular formula is C21H21F2N7O3. The Hall–Kier alpha value is -3.96. The zero-order chi connectivity index (χ0) is 23.6. The van der Waals surface area contributed by atoms with Crippen molar-refractivity contribution in [2.24, 2.45) is 0 Å². The number of nitrogens with zero attached hydrogens (tertiary/aromatic N) is 5. The number of pyridine rings is 1. The van der Waals surface area contributed by atoms with E-state index in [1.807, 2.05) is 0 Å². The van der Waals surface area contributed by atoms with Crippen molar-refractivity contribution in [2.75, 3.05) is 17.7 Å². The molecule has 0 saturated heterocycles. The summed E-state index contributed by atoms with van der Waals surface area (Å²) in [4.78, 5) is 32.0. The Morgan fingerprint density at radius 2 is 1.85 bits per heavy atom. The summed E-state index contributed by atoms with van der Waals surface area (Å²) < 4.78 is 38.7.